The van der Waals surface area contributed by atoms with Crippen LogP contribution in [0.4, 0.5) is 11.4 Å². The fourth-order valence-corrected chi connectivity index (χ4v) is 3.87. The number of nitrogens with zero attached hydrogens (tertiary/aromatic N) is 3. The molecule has 0 saturated carbocycles. The number of thiocarbonyl (C=S) groups is 1. The van der Waals surface area contributed by atoms with Gasteiger partial charge >= 0.3 is 0 Å². The highest BCUT2D eigenvalue weighted by Crippen LogP contribution is 2.37. The second-order valence-electron chi connectivity index (χ2n) is 7.25. The molecule has 7 heteroatoms. The van der Waals surface area contributed by atoms with Gasteiger partial charge in [-0.2, -0.15) is 5.26 Å². The number of anilines is 2. The topological polar surface area (TPSA) is 56.6 Å². The van der Waals surface area contributed by atoms with E-state index in [1.165, 1.54) is 4.90 Å². The van der Waals surface area contributed by atoms with Crippen molar-refractivity contribution in [1.82, 2.24) is 0 Å². The lowest BCUT2D eigenvalue weighted by molar-refractivity contribution is -0.120. The molecule has 1 aliphatic heterocycles. The molecule has 0 bridgehead atoms. The minimum absolute atomic E-state index is 0.0772. The van der Waals surface area contributed by atoms with Gasteiger partial charge in [0.15, 0.2) is 5.11 Å². The third-order valence-corrected chi connectivity index (χ3v) is 5.14. The van der Waals surface area contributed by atoms with Gasteiger partial charge in [0.05, 0.1) is 22.4 Å². The van der Waals surface area contributed by atoms with Gasteiger partial charge in [-0.3, -0.25) is 9.69 Å². The van der Waals surface area contributed by atoms with Crippen molar-refractivity contribution < 1.29 is 9.53 Å². The predicted octanol–water partition coefficient (Wildman–Crippen LogP) is 4.92. The number of amides is 1. The number of halogens is 1. The van der Waals surface area contributed by atoms with Crippen LogP contribution in [0.25, 0.3) is 0 Å². The fraction of sp³-hybridized carbons (Fsp3) is 0.286. The van der Waals surface area contributed by atoms with Crippen LogP contribution in [0.2, 0.25) is 5.02 Å². The monoisotopic (exact) mass is 413 g/mol. The van der Waals surface area contributed by atoms with Crippen LogP contribution in [0.5, 0.6) is 5.75 Å². The van der Waals surface area contributed by atoms with Crippen molar-refractivity contribution in [2.75, 3.05) is 9.80 Å². The standard InChI is InChI=1S/C21H20ClN3O2S/c1-13(2)27-17-9-7-15(8-10-17)25-20(28)24(19(26)21(25,3)4)16-6-5-14(12-23)18(22)11-16/h5-11,13H,1-4H3. The number of benzene rings is 2. The molecule has 0 spiro atoms. The fourth-order valence-electron chi connectivity index (χ4n) is 3.14. The van der Waals surface area contributed by atoms with Gasteiger partial charge in [0.1, 0.15) is 17.4 Å². The summed E-state index contributed by atoms with van der Waals surface area (Å²) in [6.45, 7) is 7.58. The Kier molecular flexibility index (Phi) is 5.33. The van der Waals surface area contributed by atoms with E-state index in [1.807, 2.05) is 62.9 Å². The molecular formula is C21H20ClN3O2S. The van der Waals surface area contributed by atoms with Gasteiger partial charge in [-0.05, 0) is 82.4 Å². The molecule has 0 N–H and O–H groups in total. The zero-order valence-electron chi connectivity index (χ0n) is 16.1. The van der Waals surface area contributed by atoms with Crippen LogP contribution in [0.1, 0.15) is 33.3 Å². The van der Waals surface area contributed by atoms with Crippen molar-refractivity contribution in [3.63, 3.8) is 0 Å². The summed E-state index contributed by atoms with van der Waals surface area (Å²) in [7, 11) is 0. The maximum Gasteiger partial charge on any atom is 0.259 e. The van der Waals surface area contributed by atoms with Crippen molar-refractivity contribution in [2.45, 2.75) is 39.3 Å². The molecule has 28 heavy (non-hydrogen) atoms. The van der Waals surface area contributed by atoms with E-state index in [-0.39, 0.29) is 17.0 Å². The molecule has 1 amide bonds. The third-order valence-electron chi connectivity index (χ3n) is 4.47. The average Bonchev–Trinajstić information content (AvgIpc) is 2.80. The van der Waals surface area contributed by atoms with Gasteiger partial charge < -0.3 is 9.64 Å². The first kappa shape index (κ1) is 20.1. The van der Waals surface area contributed by atoms with Crippen molar-refractivity contribution in [1.29, 1.82) is 5.26 Å². The van der Waals surface area contributed by atoms with E-state index < -0.39 is 5.54 Å². The smallest absolute Gasteiger partial charge is 0.259 e. The first-order valence-electron chi connectivity index (χ1n) is 8.82. The summed E-state index contributed by atoms with van der Waals surface area (Å²) in [5.41, 5.74) is 0.800. The first-order valence-corrected chi connectivity index (χ1v) is 9.60. The van der Waals surface area contributed by atoms with Crippen LogP contribution >= 0.6 is 23.8 Å². The second-order valence-corrected chi connectivity index (χ2v) is 8.03. The average molecular weight is 414 g/mol. The molecule has 1 heterocycles. The number of hydrogen-bond donors (Lipinski definition) is 0. The van der Waals surface area contributed by atoms with Crippen molar-refractivity contribution in [3.05, 3.63) is 53.1 Å². The third kappa shape index (κ3) is 3.44. The van der Waals surface area contributed by atoms with E-state index >= 15 is 0 Å². The molecule has 0 atom stereocenters. The lowest BCUT2D eigenvalue weighted by atomic mass is 10.0. The molecular weight excluding hydrogens is 394 g/mol. The van der Waals surface area contributed by atoms with Crippen molar-refractivity contribution in [2.24, 2.45) is 0 Å². The second kappa shape index (κ2) is 7.42. The van der Waals surface area contributed by atoms with Crippen molar-refractivity contribution in [3.8, 4) is 11.8 Å². The molecule has 1 aliphatic rings. The van der Waals surface area contributed by atoms with Crippen LogP contribution in [0.15, 0.2) is 42.5 Å². The highest BCUT2D eigenvalue weighted by atomic mass is 35.5. The Morgan fingerprint density at radius 2 is 1.75 bits per heavy atom. The lowest BCUT2D eigenvalue weighted by Gasteiger charge is -2.29. The van der Waals surface area contributed by atoms with Crippen LogP contribution in [-0.2, 0) is 4.79 Å². The highest BCUT2D eigenvalue weighted by molar-refractivity contribution is 7.81. The molecule has 2 aromatic carbocycles. The van der Waals surface area contributed by atoms with E-state index in [4.69, 9.17) is 33.8 Å². The SMILES string of the molecule is CC(C)Oc1ccc(N2C(=S)N(c3ccc(C#N)c(Cl)c3)C(=O)C2(C)C)cc1. The number of hydrogen-bond acceptors (Lipinski definition) is 4. The summed E-state index contributed by atoms with van der Waals surface area (Å²) in [6, 6.07) is 14.3. The van der Waals surface area contributed by atoms with Gasteiger partial charge in [0.25, 0.3) is 5.91 Å². The zero-order valence-corrected chi connectivity index (χ0v) is 17.6. The Morgan fingerprint density at radius 1 is 1.14 bits per heavy atom. The minimum Gasteiger partial charge on any atom is -0.491 e. The van der Waals surface area contributed by atoms with Crippen LogP contribution in [0.3, 0.4) is 0 Å². The number of carbonyl (C=O) groups excluding carboxylic acids is 1. The molecule has 0 unspecified atom stereocenters. The minimum atomic E-state index is -0.877. The van der Waals surface area contributed by atoms with E-state index in [2.05, 4.69) is 0 Å². The predicted molar refractivity (Wildman–Crippen MR) is 115 cm³/mol. The quantitative estimate of drug-likeness (QED) is 0.666. The Morgan fingerprint density at radius 3 is 2.29 bits per heavy atom. The summed E-state index contributed by atoms with van der Waals surface area (Å²) in [4.78, 5) is 16.4. The summed E-state index contributed by atoms with van der Waals surface area (Å²) in [5, 5.41) is 9.70. The molecule has 1 saturated heterocycles. The number of ether oxygens (including phenoxy) is 1. The Balaban J connectivity index is 1.98. The lowest BCUT2D eigenvalue weighted by Crippen LogP contribution is -2.44. The summed E-state index contributed by atoms with van der Waals surface area (Å²) < 4.78 is 5.69. The number of nitriles is 1. The van der Waals surface area contributed by atoms with Gasteiger partial charge in [0.2, 0.25) is 0 Å². The van der Waals surface area contributed by atoms with Gasteiger partial charge in [-0.25, -0.2) is 0 Å². The highest BCUT2D eigenvalue weighted by Gasteiger charge is 2.50. The van der Waals surface area contributed by atoms with Crippen LogP contribution in [-0.4, -0.2) is 22.7 Å². The first-order chi connectivity index (χ1) is 13.2. The Hall–Kier alpha value is -2.62. The number of rotatable bonds is 4. The maximum atomic E-state index is 13.2. The molecule has 2 aromatic rings. The van der Waals surface area contributed by atoms with Crippen molar-refractivity contribution >= 4 is 46.2 Å². The zero-order chi connectivity index (χ0) is 20.6. The summed E-state index contributed by atoms with van der Waals surface area (Å²) in [6.07, 6.45) is 0.0772. The molecule has 0 aliphatic carbocycles. The molecule has 0 radical (unpaired) electrons. The van der Waals surface area contributed by atoms with Crippen LogP contribution in [0, 0.1) is 11.3 Å². The van der Waals surface area contributed by atoms with Gasteiger partial charge in [0, 0.05) is 5.69 Å². The molecule has 5 nitrogen and oxygen atoms in total. The van der Waals surface area contributed by atoms with Gasteiger partial charge in [-0.1, -0.05) is 11.6 Å². The molecule has 1 fully saturated rings. The Bertz CT molecular complexity index is 980. The molecule has 0 aromatic heterocycles. The van der Waals surface area contributed by atoms with Crippen LogP contribution < -0.4 is 14.5 Å². The van der Waals surface area contributed by atoms with E-state index in [0.29, 0.717) is 16.4 Å². The normalized spacial score (nSPS) is 15.9. The summed E-state index contributed by atoms with van der Waals surface area (Å²) in [5.74, 6) is 0.588. The van der Waals surface area contributed by atoms with Gasteiger partial charge in [-0.15, -0.1) is 0 Å². The van der Waals surface area contributed by atoms with E-state index in [0.717, 1.165) is 11.4 Å². The molecule has 144 valence electrons. The molecule has 3 rings (SSSR count). The Labute approximate surface area is 175 Å². The number of carbonyl (C=O) groups is 1. The van der Waals surface area contributed by atoms with E-state index in [1.54, 1.807) is 18.2 Å². The summed E-state index contributed by atoms with van der Waals surface area (Å²) >= 11 is 11.8. The maximum absolute atomic E-state index is 13.2. The largest absolute Gasteiger partial charge is 0.491 e. The van der Waals surface area contributed by atoms with E-state index in [9.17, 15) is 4.79 Å².